The summed E-state index contributed by atoms with van der Waals surface area (Å²) in [5.41, 5.74) is 2.57. The lowest BCUT2D eigenvalue weighted by Gasteiger charge is -2.11. The highest BCUT2D eigenvalue weighted by atomic mass is 32.2. The van der Waals surface area contributed by atoms with E-state index in [4.69, 9.17) is 0 Å². The molecule has 0 aliphatic carbocycles. The summed E-state index contributed by atoms with van der Waals surface area (Å²) in [7, 11) is -3.57. The zero-order valence-corrected chi connectivity index (χ0v) is 12.4. The van der Waals surface area contributed by atoms with E-state index in [0.29, 0.717) is 10.6 Å². The largest absolute Gasteiger partial charge is 0.268 e. The van der Waals surface area contributed by atoms with Gasteiger partial charge in [-0.2, -0.15) is 0 Å². The van der Waals surface area contributed by atoms with Crippen LogP contribution in [-0.4, -0.2) is 12.4 Å². The Morgan fingerprint density at radius 2 is 1.48 bits per heavy atom. The van der Waals surface area contributed by atoms with Gasteiger partial charge >= 0.3 is 0 Å². The summed E-state index contributed by atoms with van der Waals surface area (Å²) in [6.07, 6.45) is 1.58. The molecule has 0 amide bonds. The highest BCUT2D eigenvalue weighted by Crippen LogP contribution is 2.24. The first-order valence-electron chi connectivity index (χ1n) is 6.64. The number of rotatable bonds is 3. The van der Waals surface area contributed by atoms with Crippen molar-refractivity contribution in [3.05, 3.63) is 78.5 Å². The summed E-state index contributed by atoms with van der Waals surface area (Å²) in [5, 5.41) is 0. The Balaban J connectivity index is 2.13. The number of aromatic nitrogens is 1. The molecule has 4 heteroatoms. The summed E-state index contributed by atoms with van der Waals surface area (Å²) in [4.78, 5) is 0.293. The van der Waals surface area contributed by atoms with Gasteiger partial charge in [0.1, 0.15) is 0 Å². The molecule has 0 unspecified atom stereocenters. The van der Waals surface area contributed by atoms with Crippen LogP contribution in [0.15, 0.2) is 77.8 Å². The van der Waals surface area contributed by atoms with Crippen molar-refractivity contribution < 1.29 is 8.42 Å². The second-order valence-electron chi connectivity index (χ2n) is 4.87. The smallest absolute Gasteiger partial charge is 0.241 e. The van der Waals surface area contributed by atoms with Gasteiger partial charge in [0.25, 0.3) is 10.0 Å². The van der Waals surface area contributed by atoms with Crippen molar-refractivity contribution in [1.82, 2.24) is 3.97 Å². The molecule has 0 fully saturated rings. The Hall–Kier alpha value is -2.33. The summed E-state index contributed by atoms with van der Waals surface area (Å²) in [6, 6.07) is 19.9. The molecule has 0 bridgehead atoms. The molecule has 0 saturated carbocycles. The molecule has 3 aromatic rings. The van der Waals surface area contributed by atoms with Gasteiger partial charge in [-0.3, -0.25) is 0 Å². The third-order valence-electron chi connectivity index (χ3n) is 3.36. The van der Waals surface area contributed by atoms with Crippen LogP contribution in [0.2, 0.25) is 0 Å². The molecule has 3 nitrogen and oxygen atoms in total. The van der Waals surface area contributed by atoms with E-state index in [-0.39, 0.29) is 0 Å². The van der Waals surface area contributed by atoms with E-state index in [1.165, 1.54) is 3.97 Å². The number of nitrogens with zero attached hydrogens (tertiary/aromatic N) is 1. The van der Waals surface area contributed by atoms with Gasteiger partial charge in [0.05, 0.1) is 10.6 Å². The average molecular weight is 297 g/mol. The van der Waals surface area contributed by atoms with Crippen molar-refractivity contribution in [2.45, 2.75) is 11.8 Å². The number of aryl methyl sites for hydroxylation is 1. The van der Waals surface area contributed by atoms with Gasteiger partial charge in [0, 0.05) is 6.20 Å². The van der Waals surface area contributed by atoms with Crippen molar-refractivity contribution in [2.24, 2.45) is 0 Å². The number of benzene rings is 2. The third-order valence-corrected chi connectivity index (χ3v) is 5.06. The van der Waals surface area contributed by atoms with Crippen LogP contribution in [0.1, 0.15) is 5.56 Å². The highest BCUT2D eigenvalue weighted by molar-refractivity contribution is 7.90. The molecule has 0 aliphatic rings. The monoisotopic (exact) mass is 297 g/mol. The van der Waals surface area contributed by atoms with Gasteiger partial charge in [0.15, 0.2) is 0 Å². The molecule has 2 aromatic carbocycles. The van der Waals surface area contributed by atoms with Crippen LogP contribution in [0, 0.1) is 6.92 Å². The minimum Gasteiger partial charge on any atom is -0.241 e. The molecule has 0 atom stereocenters. The normalized spacial score (nSPS) is 11.5. The molecule has 106 valence electrons. The molecule has 21 heavy (non-hydrogen) atoms. The van der Waals surface area contributed by atoms with Crippen molar-refractivity contribution >= 4 is 10.0 Å². The zero-order chi connectivity index (χ0) is 14.9. The third kappa shape index (κ3) is 2.50. The molecule has 1 aromatic heterocycles. The van der Waals surface area contributed by atoms with Gasteiger partial charge in [-0.05, 0) is 36.8 Å². The maximum Gasteiger partial charge on any atom is 0.268 e. The first-order valence-corrected chi connectivity index (χ1v) is 8.08. The van der Waals surface area contributed by atoms with E-state index in [9.17, 15) is 8.42 Å². The van der Waals surface area contributed by atoms with Gasteiger partial charge < -0.3 is 0 Å². The van der Waals surface area contributed by atoms with Crippen molar-refractivity contribution in [2.75, 3.05) is 0 Å². The lowest BCUT2D eigenvalue weighted by atomic mass is 10.2. The van der Waals surface area contributed by atoms with Gasteiger partial charge in [0.2, 0.25) is 0 Å². The summed E-state index contributed by atoms with van der Waals surface area (Å²) in [6.45, 7) is 1.93. The van der Waals surface area contributed by atoms with E-state index in [0.717, 1.165) is 11.1 Å². The average Bonchev–Trinajstić information content (AvgIpc) is 2.99. The SMILES string of the molecule is Cc1ccc(S(=O)(=O)n2cccc2-c2ccccc2)cc1. The Morgan fingerprint density at radius 3 is 2.14 bits per heavy atom. The van der Waals surface area contributed by atoms with Crippen LogP contribution in [0.4, 0.5) is 0 Å². The van der Waals surface area contributed by atoms with Crippen LogP contribution < -0.4 is 0 Å². The molecule has 0 spiro atoms. The van der Waals surface area contributed by atoms with Gasteiger partial charge in [-0.15, -0.1) is 0 Å². The van der Waals surface area contributed by atoms with Crippen LogP contribution in [-0.2, 0) is 10.0 Å². The van der Waals surface area contributed by atoms with E-state index >= 15 is 0 Å². The fourth-order valence-corrected chi connectivity index (χ4v) is 3.59. The molecule has 0 aliphatic heterocycles. The van der Waals surface area contributed by atoms with E-state index in [1.807, 2.05) is 37.3 Å². The number of hydrogen-bond donors (Lipinski definition) is 0. The van der Waals surface area contributed by atoms with Crippen LogP contribution in [0.3, 0.4) is 0 Å². The Kier molecular flexibility index (Phi) is 3.39. The quantitative estimate of drug-likeness (QED) is 0.739. The maximum absolute atomic E-state index is 12.8. The van der Waals surface area contributed by atoms with Crippen LogP contribution in [0.5, 0.6) is 0 Å². The fraction of sp³-hybridized carbons (Fsp3) is 0.0588. The summed E-state index contributed by atoms with van der Waals surface area (Å²) in [5.74, 6) is 0. The van der Waals surface area contributed by atoms with Crippen molar-refractivity contribution in [3.8, 4) is 11.3 Å². The molecular formula is C17H15NO2S. The maximum atomic E-state index is 12.8. The minimum atomic E-state index is -3.57. The van der Waals surface area contributed by atoms with Crippen LogP contribution in [0.25, 0.3) is 11.3 Å². The molecule has 1 heterocycles. The van der Waals surface area contributed by atoms with Crippen molar-refractivity contribution in [1.29, 1.82) is 0 Å². The van der Waals surface area contributed by atoms with Gasteiger partial charge in [-0.1, -0.05) is 48.0 Å². The van der Waals surface area contributed by atoms with E-state index in [2.05, 4.69) is 0 Å². The lowest BCUT2D eigenvalue weighted by molar-refractivity contribution is 0.588. The van der Waals surface area contributed by atoms with E-state index < -0.39 is 10.0 Å². The fourth-order valence-electron chi connectivity index (χ4n) is 2.23. The Bertz CT molecular complexity index is 847. The minimum absolute atomic E-state index is 0.293. The van der Waals surface area contributed by atoms with Crippen molar-refractivity contribution in [3.63, 3.8) is 0 Å². The number of hydrogen-bond acceptors (Lipinski definition) is 2. The second-order valence-corrected chi connectivity index (χ2v) is 6.69. The summed E-state index contributed by atoms with van der Waals surface area (Å²) < 4.78 is 26.9. The first-order chi connectivity index (χ1) is 10.1. The molecule has 0 saturated heterocycles. The predicted molar refractivity (Wildman–Crippen MR) is 83.6 cm³/mol. The highest BCUT2D eigenvalue weighted by Gasteiger charge is 2.19. The van der Waals surface area contributed by atoms with Gasteiger partial charge in [-0.25, -0.2) is 12.4 Å². The Morgan fingerprint density at radius 1 is 0.810 bits per heavy atom. The zero-order valence-electron chi connectivity index (χ0n) is 11.6. The molecule has 0 N–H and O–H groups in total. The lowest BCUT2D eigenvalue weighted by Crippen LogP contribution is -2.13. The first kappa shape index (κ1) is 13.6. The molecule has 3 rings (SSSR count). The summed E-state index contributed by atoms with van der Waals surface area (Å²) >= 11 is 0. The van der Waals surface area contributed by atoms with Crippen LogP contribution >= 0.6 is 0 Å². The van der Waals surface area contributed by atoms with E-state index in [1.54, 1.807) is 42.6 Å². The second kappa shape index (κ2) is 5.22. The molecular weight excluding hydrogens is 282 g/mol. The predicted octanol–water partition coefficient (Wildman–Crippen LogP) is 3.70. The molecule has 0 radical (unpaired) electrons. The Labute approximate surface area is 124 Å². The standard InChI is InChI=1S/C17H15NO2S/c1-14-9-11-16(12-10-14)21(19,20)18-13-5-8-17(18)15-6-3-2-4-7-15/h2-13H,1H3. The topological polar surface area (TPSA) is 39.1 Å².